The third-order valence-electron chi connectivity index (χ3n) is 5.41. The van der Waals surface area contributed by atoms with Crippen molar-refractivity contribution in [2.45, 2.75) is 30.9 Å². The summed E-state index contributed by atoms with van der Waals surface area (Å²) >= 11 is 0. The highest BCUT2D eigenvalue weighted by Gasteiger charge is 2.59. The van der Waals surface area contributed by atoms with Crippen LogP contribution in [0.4, 0.5) is 4.79 Å². The van der Waals surface area contributed by atoms with Crippen LogP contribution in [0.3, 0.4) is 0 Å². The molecule has 4 aliphatic rings. The number of imide groups is 1. The Morgan fingerprint density at radius 2 is 1.39 bits per heavy atom. The number of ether oxygens (including phenoxy) is 1. The second-order valence-electron chi connectivity index (χ2n) is 6.44. The Labute approximate surface area is 133 Å². The molecule has 3 aliphatic carbocycles. The third kappa shape index (κ3) is 1.46. The van der Waals surface area contributed by atoms with Gasteiger partial charge in [-0.3, -0.25) is 4.79 Å². The van der Waals surface area contributed by atoms with Gasteiger partial charge in [-0.15, -0.1) is 0 Å². The van der Waals surface area contributed by atoms with Crippen molar-refractivity contribution in [1.82, 2.24) is 4.90 Å². The largest absolute Gasteiger partial charge is 0.443 e. The number of benzene rings is 2. The van der Waals surface area contributed by atoms with E-state index in [4.69, 9.17) is 4.74 Å². The maximum atomic E-state index is 12.3. The van der Waals surface area contributed by atoms with Gasteiger partial charge in [-0.25, -0.2) is 9.69 Å². The Morgan fingerprint density at radius 1 is 0.913 bits per heavy atom. The lowest BCUT2D eigenvalue weighted by Gasteiger charge is -2.47. The van der Waals surface area contributed by atoms with E-state index in [0.717, 1.165) is 0 Å². The molecule has 0 unspecified atom stereocenters. The molecule has 1 saturated heterocycles. The second kappa shape index (κ2) is 4.22. The van der Waals surface area contributed by atoms with Crippen LogP contribution in [0.5, 0.6) is 0 Å². The predicted molar refractivity (Wildman–Crippen MR) is 83.1 cm³/mol. The summed E-state index contributed by atoms with van der Waals surface area (Å²) in [5, 5.41) is 0. The molecule has 6 rings (SSSR count). The zero-order valence-electron chi connectivity index (χ0n) is 12.6. The maximum Gasteiger partial charge on any atom is 0.417 e. The van der Waals surface area contributed by atoms with Crippen LogP contribution in [0.1, 0.15) is 41.0 Å². The van der Waals surface area contributed by atoms with Crippen molar-refractivity contribution in [2.24, 2.45) is 0 Å². The van der Waals surface area contributed by atoms with Crippen LogP contribution in [-0.4, -0.2) is 29.0 Å². The lowest BCUT2D eigenvalue weighted by atomic mass is 9.60. The molecule has 2 atom stereocenters. The summed E-state index contributed by atoms with van der Waals surface area (Å²) in [7, 11) is 0. The number of hydrogen-bond donors (Lipinski definition) is 0. The number of rotatable bonds is 0. The van der Waals surface area contributed by atoms with E-state index in [2.05, 4.69) is 24.3 Å². The van der Waals surface area contributed by atoms with Gasteiger partial charge in [-0.1, -0.05) is 48.5 Å². The number of carbonyl (C=O) groups excluding carboxylic acids is 2. The van der Waals surface area contributed by atoms with Gasteiger partial charge in [0.2, 0.25) is 5.91 Å². The summed E-state index contributed by atoms with van der Waals surface area (Å²) in [6.45, 7) is 1.43. The van der Waals surface area contributed by atoms with E-state index in [0.29, 0.717) is 0 Å². The Hall–Kier alpha value is -2.62. The normalized spacial score (nSPS) is 29.6. The van der Waals surface area contributed by atoms with Crippen molar-refractivity contribution in [2.75, 3.05) is 0 Å². The van der Waals surface area contributed by atoms with E-state index >= 15 is 0 Å². The topological polar surface area (TPSA) is 46.6 Å². The lowest BCUT2D eigenvalue weighted by Crippen LogP contribution is -2.52. The maximum absolute atomic E-state index is 12.3. The Kier molecular flexibility index (Phi) is 2.36. The van der Waals surface area contributed by atoms with Gasteiger partial charge in [-0.2, -0.15) is 0 Å². The Balaban J connectivity index is 1.81. The molecular formula is C19H15NO3. The Bertz CT molecular complexity index is 812. The Morgan fingerprint density at radius 3 is 1.87 bits per heavy atom. The summed E-state index contributed by atoms with van der Waals surface area (Å²) in [5.41, 5.74) is 4.86. The van der Waals surface area contributed by atoms with E-state index in [9.17, 15) is 9.59 Å². The fraction of sp³-hybridized carbons (Fsp3) is 0.263. The van der Waals surface area contributed by atoms with Crippen molar-refractivity contribution < 1.29 is 14.3 Å². The molecule has 2 aromatic rings. The molecule has 2 amide bonds. The average Bonchev–Trinajstić information content (AvgIpc) is 2.91. The molecule has 2 aromatic carbocycles. The van der Waals surface area contributed by atoms with Crippen molar-refractivity contribution in [3.05, 3.63) is 70.8 Å². The lowest BCUT2D eigenvalue weighted by molar-refractivity contribution is -0.127. The van der Waals surface area contributed by atoms with Gasteiger partial charge in [0.1, 0.15) is 6.10 Å². The van der Waals surface area contributed by atoms with Crippen molar-refractivity contribution in [3.8, 4) is 0 Å². The van der Waals surface area contributed by atoms with Crippen LogP contribution in [-0.2, 0) is 9.53 Å². The van der Waals surface area contributed by atoms with E-state index in [1.165, 1.54) is 34.1 Å². The van der Waals surface area contributed by atoms with Gasteiger partial charge in [0.25, 0.3) is 0 Å². The van der Waals surface area contributed by atoms with Gasteiger partial charge >= 0.3 is 6.09 Å². The molecule has 23 heavy (non-hydrogen) atoms. The summed E-state index contributed by atoms with van der Waals surface area (Å²) in [6, 6.07) is 16.3. The first kappa shape index (κ1) is 12.9. The molecular weight excluding hydrogens is 290 g/mol. The molecule has 1 aliphatic heterocycles. The highest BCUT2D eigenvalue weighted by Crippen LogP contribution is 2.56. The number of amides is 2. The van der Waals surface area contributed by atoms with Crippen LogP contribution in [0, 0.1) is 0 Å². The fourth-order valence-corrected chi connectivity index (χ4v) is 4.67. The smallest absolute Gasteiger partial charge is 0.417 e. The minimum atomic E-state index is -0.511. The molecule has 0 saturated carbocycles. The van der Waals surface area contributed by atoms with Crippen LogP contribution in [0.15, 0.2) is 48.5 Å². The van der Waals surface area contributed by atoms with Crippen molar-refractivity contribution >= 4 is 12.0 Å². The highest BCUT2D eigenvalue weighted by molar-refractivity contribution is 5.93. The molecule has 4 nitrogen and oxygen atoms in total. The van der Waals surface area contributed by atoms with Crippen molar-refractivity contribution in [1.29, 1.82) is 0 Å². The van der Waals surface area contributed by atoms with E-state index in [-0.39, 0.29) is 29.9 Å². The summed E-state index contributed by atoms with van der Waals surface area (Å²) in [5.74, 6) is -0.247. The summed E-state index contributed by atoms with van der Waals surface area (Å²) in [4.78, 5) is 25.6. The zero-order chi connectivity index (χ0) is 15.7. The minimum Gasteiger partial charge on any atom is -0.443 e. The third-order valence-corrected chi connectivity index (χ3v) is 5.41. The van der Waals surface area contributed by atoms with Gasteiger partial charge in [-0.05, 0) is 22.3 Å². The zero-order valence-corrected chi connectivity index (χ0v) is 12.6. The molecule has 0 aromatic heterocycles. The van der Waals surface area contributed by atoms with Crippen LogP contribution in [0.25, 0.3) is 0 Å². The number of nitrogens with zero attached hydrogens (tertiary/aromatic N) is 1. The fourth-order valence-electron chi connectivity index (χ4n) is 4.67. The van der Waals surface area contributed by atoms with E-state index < -0.39 is 6.09 Å². The first-order valence-corrected chi connectivity index (χ1v) is 7.86. The first-order chi connectivity index (χ1) is 11.2. The van der Waals surface area contributed by atoms with Crippen LogP contribution < -0.4 is 0 Å². The monoisotopic (exact) mass is 305 g/mol. The number of hydrogen-bond acceptors (Lipinski definition) is 3. The molecule has 2 bridgehead atoms. The average molecular weight is 305 g/mol. The first-order valence-electron chi connectivity index (χ1n) is 7.86. The molecule has 0 spiro atoms. The molecule has 1 heterocycles. The van der Waals surface area contributed by atoms with Crippen LogP contribution >= 0.6 is 0 Å². The second-order valence-corrected chi connectivity index (χ2v) is 6.44. The number of carbonyl (C=O) groups is 2. The molecule has 1 fully saturated rings. The molecule has 0 radical (unpaired) electrons. The highest BCUT2D eigenvalue weighted by atomic mass is 16.6. The van der Waals surface area contributed by atoms with E-state index in [1.54, 1.807) is 0 Å². The van der Waals surface area contributed by atoms with Crippen LogP contribution in [0.2, 0.25) is 0 Å². The van der Waals surface area contributed by atoms with Gasteiger partial charge in [0.05, 0.1) is 6.04 Å². The van der Waals surface area contributed by atoms with Crippen molar-refractivity contribution in [3.63, 3.8) is 0 Å². The molecule has 0 N–H and O–H groups in total. The SMILES string of the molecule is CC(=O)N1C(=O)O[C@@H]2C3c4ccccc4C(c4ccccc43)[C@@H]21. The quantitative estimate of drug-likeness (QED) is 0.751. The molecule has 114 valence electrons. The van der Waals surface area contributed by atoms with Gasteiger partial charge < -0.3 is 4.74 Å². The summed E-state index contributed by atoms with van der Waals surface area (Å²) < 4.78 is 5.65. The van der Waals surface area contributed by atoms with Gasteiger partial charge in [0, 0.05) is 18.8 Å². The van der Waals surface area contributed by atoms with E-state index in [1.807, 2.05) is 24.3 Å². The standard InChI is InChI=1S/C19H15NO3/c1-10(21)20-17-15-11-6-2-4-8-13(11)16(18(17)23-19(20)22)14-9-5-3-7-12(14)15/h2-9,15-18H,1H3/t15?,16?,17-,18+/m0/s1. The predicted octanol–water partition coefficient (Wildman–Crippen LogP) is 3.01. The van der Waals surface area contributed by atoms with Gasteiger partial charge in [0.15, 0.2) is 0 Å². The minimum absolute atomic E-state index is 0.00528. The summed E-state index contributed by atoms with van der Waals surface area (Å²) in [6.07, 6.45) is -0.802. The molecule has 4 heteroatoms.